The third-order valence-corrected chi connectivity index (χ3v) is 4.34. The molecule has 1 saturated heterocycles. The van der Waals surface area contributed by atoms with Gasteiger partial charge < -0.3 is 19.1 Å². The predicted molar refractivity (Wildman–Crippen MR) is 94.8 cm³/mol. The summed E-state index contributed by atoms with van der Waals surface area (Å²) in [6.07, 6.45) is -0.878. The highest BCUT2D eigenvalue weighted by Crippen LogP contribution is 2.24. The molecule has 1 aliphatic rings. The second-order valence-electron chi connectivity index (χ2n) is 6.13. The minimum absolute atomic E-state index is 0.101. The van der Waals surface area contributed by atoms with Gasteiger partial charge in [-0.3, -0.25) is 4.79 Å². The van der Waals surface area contributed by atoms with E-state index in [2.05, 4.69) is 0 Å². The first kappa shape index (κ1) is 18.2. The Balaban J connectivity index is 1.61. The minimum Gasteiger partial charge on any atom is -0.497 e. The molecule has 3 rings (SSSR count). The smallest absolute Gasteiger partial charge is 0.263 e. The maximum absolute atomic E-state index is 13.1. The van der Waals surface area contributed by atoms with Gasteiger partial charge in [-0.2, -0.15) is 0 Å². The van der Waals surface area contributed by atoms with E-state index in [0.29, 0.717) is 25.4 Å². The van der Waals surface area contributed by atoms with Crippen molar-refractivity contribution in [3.05, 3.63) is 59.9 Å². The van der Waals surface area contributed by atoms with Crippen molar-refractivity contribution in [2.75, 3.05) is 26.8 Å². The first-order chi connectivity index (χ1) is 12.6. The number of morpholine rings is 1. The van der Waals surface area contributed by atoms with E-state index in [1.54, 1.807) is 55.3 Å². The molecule has 0 bridgehead atoms. The molecule has 2 aromatic carbocycles. The van der Waals surface area contributed by atoms with Crippen molar-refractivity contribution in [3.8, 4) is 11.5 Å². The van der Waals surface area contributed by atoms with Crippen molar-refractivity contribution in [1.82, 2.24) is 4.90 Å². The monoisotopic (exact) mass is 359 g/mol. The van der Waals surface area contributed by atoms with Crippen molar-refractivity contribution < 1.29 is 23.4 Å². The number of hydrogen-bond acceptors (Lipinski definition) is 4. The molecular formula is C20H22FNO4. The fourth-order valence-electron chi connectivity index (χ4n) is 2.89. The lowest BCUT2D eigenvalue weighted by Gasteiger charge is -2.34. The van der Waals surface area contributed by atoms with Crippen LogP contribution in [0.25, 0.3) is 0 Å². The molecule has 1 heterocycles. The van der Waals surface area contributed by atoms with E-state index in [9.17, 15) is 9.18 Å². The number of halogens is 1. The molecule has 0 aromatic heterocycles. The molecule has 26 heavy (non-hydrogen) atoms. The van der Waals surface area contributed by atoms with Crippen LogP contribution in [0.3, 0.4) is 0 Å². The van der Waals surface area contributed by atoms with Crippen LogP contribution in [0.4, 0.5) is 4.39 Å². The Hall–Kier alpha value is -2.60. The normalized spacial score (nSPS) is 18.3. The molecule has 138 valence electrons. The van der Waals surface area contributed by atoms with Gasteiger partial charge in [-0.05, 0) is 48.9 Å². The van der Waals surface area contributed by atoms with Gasteiger partial charge in [-0.15, -0.1) is 0 Å². The summed E-state index contributed by atoms with van der Waals surface area (Å²) in [4.78, 5) is 14.4. The van der Waals surface area contributed by atoms with Crippen molar-refractivity contribution >= 4 is 5.91 Å². The summed E-state index contributed by atoms with van der Waals surface area (Å²) in [6.45, 7) is 3.09. The van der Waals surface area contributed by atoms with Gasteiger partial charge in [0.15, 0.2) is 6.10 Å². The van der Waals surface area contributed by atoms with Crippen molar-refractivity contribution in [3.63, 3.8) is 0 Å². The zero-order valence-corrected chi connectivity index (χ0v) is 14.9. The molecule has 5 nitrogen and oxygen atoms in total. The zero-order chi connectivity index (χ0) is 18.5. The summed E-state index contributed by atoms with van der Waals surface area (Å²) >= 11 is 0. The highest BCUT2D eigenvalue weighted by Gasteiger charge is 2.29. The van der Waals surface area contributed by atoms with Crippen LogP contribution in [0.1, 0.15) is 18.6 Å². The molecule has 2 aromatic rings. The summed E-state index contributed by atoms with van der Waals surface area (Å²) in [5.74, 6) is 0.942. The van der Waals surface area contributed by atoms with Gasteiger partial charge in [0, 0.05) is 6.54 Å². The Labute approximate surface area is 152 Å². The molecule has 0 spiro atoms. The first-order valence-corrected chi connectivity index (χ1v) is 8.53. The Morgan fingerprint density at radius 1 is 1.15 bits per heavy atom. The van der Waals surface area contributed by atoms with Gasteiger partial charge in [0.1, 0.15) is 23.4 Å². The lowest BCUT2D eigenvalue weighted by molar-refractivity contribution is -0.145. The minimum atomic E-state index is -0.615. The van der Waals surface area contributed by atoms with Crippen LogP contribution in [0.2, 0.25) is 0 Å². The number of ether oxygens (including phenoxy) is 3. The Morgan fingerprint density at radius 3 is 2.46 bits per heavy atom. The molecule has 0 aliphatic carbocycles. The van der Waals surface area contributed by atoms with E-state index in [0.717, 1.165) is 11.3 Å². The molecular weight excluding hydrogens is 337 g/mol. The van der Waals surface area contributed by atoms with Gasteiger partial charge >= 0.3 is 0 Å². The second-order valence-corrected chi connectivity index (χ2v) is 6.13. The largest absolute Gasteiger partial charge is 0.497 e. The summed E-state index contributed by atoms with van der Waals surface area (Å²) in [5.41, 5.74) is 0.854. The first-order valence-electron chi connectivity index (χ1n) is 8.53. The van der Waals surface area contributed by atoms with E-state index >= 15 is 0 Å². The summed E-state index contributed by atoms with van der Waals surface area (Å²) in [5, 5.41) is 0. The van der Waals surface area contributed by atoms with Crippen LogP contribution in [0.5, 0.6) is 11.5 Å². The third-order valence-electron chi connectivity index (χ3n) is 4.34. The van der Waals surface area contributed by atoms with E-state index in [1.807, 2.05) is 0 Å². The van der Waals surface area contributed by atoms with Gasteiger partial charge in [-0.1, -0.05) is 12.1 Å². The van der Waals surface area contributed by atoms with Crippen molar-refractivity contribution in [2.24, 2.45) is 0 Å². The number of rotatable bonds is 5. The molecule has 0 N–H and O–H groups in total. The molecule has 1 amide bonds. The third kappa shape index (κ3) is 4.32. The summed E-state index contributed by atoms with van der Waals surface area (Å²) in [7, 11) is 1.60. The fourth-order valence-corrected chi connectivity index (χ4v) is 2.89. The topological polar surface area (TPSA) is 48.0 Å². The lowest BCUT2D eigenvalue weighted by atomic mass is 10.1. The van der Waals surface area contributed by atoms with Gasteiger partial charge in [-0.25, -0.2) is 4.39 Å². The number of hydrogen-bond donors (Lipinski definition) is 0. The van der Waals surface area contributed by atoms with Crippen LogP contribution < -0.4 is 9.47 Å². The number of carbonyl (C=O) groups is 1. The Bertz CT molecular complexity index is 732. The average Bonchev–Trinajstić information content (AvgIpc) is 2.68. The highest BCUT2D eigenvalue weighted by molar-refractivity contribution is 5.81. The number of amides is 1. The summed E-state index contributed by atoms with van der Waals surface area (Å²) < 4.78 is 29.7. The van der Waals surface area contributed by atoms with Crippen molar-refractivity contribution in [1.29, 1.82) is 0 Å². The average molecular weight is 359 g/mol. The Morgan fingerprint density at radius 2 is 1.81 bits per heavy atom. The lowest BCUT2D eigenvalue weighted by Crippen LogP contribution is -2.47. The fraction of sp³-hybridized carbons (Fsp3) is 0.350. The zero-order valence-electron chi connectivity index (χ0n) is 14.9. The highest BCUT2D eigenvalue weighted by atomic mass is 19.1. The molecule has 0 radical (unpaired) electrons. The van der Waals surface area contributed by atoms with Crippen molar-refractivity contribution in [2.45, 2.75) is 19.1 Å². The van der Waals surface area contributed by atoms with Crippen LogP contribution in [-0.2, 0) is 9.53 Å². The quantitative estimate of drug-likeness (QED) is 0.823. The molecule has 0 saturated carbocycles. The van der Waals surface area contributed by atoms with E-state index in [1.165, 1.54) is 12.1 Å². The standard InChI is InChI=1S/C20H22FNO4/c1-14(26-18-9-7-17(24-2)8-10-18)20(23)22-11-12-25-19(13-22)15-3-5-16(21)6-4-15/h3-10,14,19H,11-13H2,1-2H3. The van der Waals surface area contributed by atoms with Gasteiger partial charge in [0.25, 0.3) is 5.91 Å². The van der Waals surface area contributed by atoms with E-state index in [-0.39, 0.29) is 17.8 Å². The summed E-state index contributed by atoms with van der Waals surface area (Å²) in [6, 6.07) is 13.3. The number of benzene rings is 2. The SMILES string of the molecule is COc1ccc(OC(C)C(=O)N2CCOC(c3ccc(F)cc3)C2)cc1. The maximum Gasteiger partial charge on any atom is 0.263 e. The van der Waals surface area contributed by atoms with E-state index < -0.39 is 6.10 Å². The number of methoxy groups -OCH3 is 1. The van der Waals surface area contributed by atoms with Gasteiger partial charge in [0.05, 0.1) is 20.3 Å². The molecule has 6 heteroatoms. The molecule has 1 aliphatic heterocycles. The Kier molecular flexibility index (Phi) is 5.73. The maximum atomic E-state index is 13.1. The number of carbonyl (C=O) groups excluding carboxylic acids is 1. The second kappa shape index (κ2) is 8.19. The van der Waals surface area contributed by atoms with Crippen LogP contribution in [0.15, 0.2) is 48.5 Å². The van der Waals surface area contributed by atoms with Crippen LogP contribution in [0, 0.1) is 5.82 Å². The van der Waals surface area contributed by atoms with Gasteiger partial charge in [0.2, 0.25) is 0 Å². The predicted octanol–water partition coefficient (Wildman–Crippen LogP) is 3.20. The molecule has 1 fully saturated rings. The number of nitrogens with zero attached hydrogens (tertiary/aromatic N) is 1. The van der Waals surface area contributed by atoms with Crippen LogP contribution >= 0.6 is 0 Å². The van der Waals surface area contributed by atoms with E-state index in [4.69, 9.17) is 14.2 Å². The molecule has 2 unspecified atom stereocenters. The van der Waals surface area contributed by atoms with Crippen LogP contribution in [-0.4, -0.2) is 43.7 Å². The molecule has 2 atom stereocenters.